The fourth-order valence-corrected chi connectivity index (χ4v) is 1.11. The Balaban J connectivity index is 2.43. The topological polar surface area (TPSA) is 46.2 Å². The smallest absolute Gasteiger partial charge is 0.216 e. The summed E-state index contributed by atoms with van der Waals surface area (Å²) in [5.74, 6) is 5.85. The van der Waals surface area contributed by atoms with E-state index in [1.807, 2.05) is 0 Å². The largest absolute Gasteiger partial charge is 0.355 e. The van der Waals surface area contributed by atoms with Gasteiger partial charge in [0.15, 0.2) is 0 Å². The van der Waals surface area contributed by atoms with E-state index in [-0.39, 0.29) is 5.91 Å². The van der Waals surface area contributed by atoms with Crippen molar-refractivity contribution in [2.24, 2.45) is 0 Å². The summed E-state index contributed by atoms with van der Waals surface area (Å²) in [6.07, 6.45) is 1.42. The van der Waals surface area contributed by atoms with Gasteiger partial charge in [-0.2, -0.15) is 0 Å². The summed E-state index contributed by atoms with van der Waals surface area (Å²) in [5, 5.41) is 2.66. The molecule has 0 fully saturated rings. The fourth-order valence-electron chi connectivity index (χ4n) is 1.11. The second-order valence-electron chi connectivity index (χ2n) is 3.27. The molecule has 3 nitrogen and oxygen atoms in total. The van der Waals surface area contributed by atoms with E-state index in [2.05, 4.69) is 17.2 Å². The van der Waals surface area contributed by atoms with E-state index < -0.39 is 0 Å². The molecule has 0 aliphatic rings. The first-order chi connectivity index (χ1) is 7.72. The van der Waals surface area contributed by atoms with Crippen LogP contribution >= 0.6 is 0 Å². The standard InChI is InChI=1S/C13H13NO2/c1-11(16)14-9-3-2-4-12-5-7-13(10-15)8-6-12/h5-8,10H,3,9H2,1H3,(H,14,16). The van der Waals surface area contributed by atoms with Crippen LogP contribution in [0.1, 0.15) is 29.3 Å². The van der Waals surface area contributed by atoms with Gasteiger partial charge >= 0.3 is 0 Å². The molecule has 1 amide bonds. The third-order valence-electron chi connectivity index (χ3n) is 1.90. The zero-order valence-corrected chi connectivity index (χ0v) is 9.12. The summed E-state index contributed by atoms with van der Waals surface area (Å²) >= 11 is 0. The number of amides is 1. The maximum atomic E-state index is 10.6. The lowest BCUT2D eigenvalue weighted by molar-refractivity contribution is -0.118. The van der Waals surface area contributed by atoms with Gasteiger partial charge < -0.3 is 5.32 Å². The van der Waals surface area contributed by atoms with Crippen molar-refractivity contribution in [2.75, 3.05) is 6.54 Å². The van der Waals surface area contributed by atoms with Gasteiger partial charge in [0.1, 0.15) is 6.29 Å². The van der Waals surface area contributed by atoms with Crippen LogP contribution in [0.5, 0.6) is 0 Å². The molecule has 3 heteroatoms. The third kappa shape index (κ3) is 4.43. The molecule has 0 spiro atoms. The lowest BCUT2D eigenvalue weighted by Gasteiger charge is -1.95. The predicted molar refractivity (Wildman–Crippen MR) is 62.0 cm³/mol. The van der Waals surface area contributed by atoms with Gasteiger partial charge in [0, 0.05) is 31.0 Å². The van der Waals surface area contributed by atoms with Gasteiger partial charge in [-0.25, -0.2) is 0 Å². The highest BCUT2D eigenvalue weighted by Crippen LogP contribution is 2.00. The van der Waals surface area contributed by atoms with Gasteiger partial charge in [0.2, 0.25) is 5.91 Å². The average molecular weight is 215 g/mol. The number of benzene rings is 1. The monoisotopic (exact) mass is 215 g/mol. The van der Waals surface area contributed by atoms with Crippen LogP contribution in [0.3, 0.4) is 0 Å². The van der Waals surface area contributed by atoms with Crippen LogP contribution in [0, 0.1) is 11.8 Å². The Hall–Kier alpha value is -2.08. The molecule has 0 saturated carbocycles. The van der Waals surface area contributed by atoms with Gasteiger partial charge in [-0.1, -0.05) is 24.0 Å². The molecule has 0 atom stereocenters. The van der Waals surface area contributed by atoms with E-state index in [1.165, 1.54) is 6.92 Å². The van der Waals surface area contributed by atoms with Crippen molar-refractivity contribution in [1.82, 2.24) is 5.32 Å². The first-order valence-corrected chi connectivity index (χ1v) is 5.01. The molecule has 0 heterocycles. The summed E-state index contributed by atoms with van der Waals surface area (Å²) in [6, 6.07) is 7.06. The molecule has 0 aliphatic carbocycles. The maximum Gasteiger partial charge on any atom is 0.216 e. The number of aldehydes is 1. The molecule has 0 bridgehead atoms. The molecule has 0 saturated heterocycles. The van der Waals surface area contributed by atoms with Crippen molar-refractivity contribution in [3.8, 4) is 11.8 Å². The normalized spacial score (nSPS) is 8.81. The zero-order valence-electron chi connectivity index (χ0n) is 9.12. The fraction of sp³-hybridized carbons (Fsp3) is 0.231. The Morgan fingerprint density at radius 3 is 2.62 bits per heavy atom. The summed E-state index contributed by atoms with van der Waals surface area (Å²) < 4.78 is 0. The second-order valence-corrected chi connectivity index (χ2v) is 3.27. The number of carbonyl (C=O) groups excluding carboxylic acids is 2. The molecule has 1 aromatic rings. The lowest BCUT2D eigenvalue weighted by atomic mass is 10.1. The van der Waals surface area contributed by atoms with Gasteiger partial charge in [-0.3, -0.25) is 9.59 Å². The highest BCUT2D eigenvalue weighted by Gasteiger charge is 1.89. The molecule has 16 heavy (non-hydrogen) atoms. The highest BCUT2D eigenvalue weighted by molar-refractivity contribution is 5.74. The van der Waals surface area contributed by atoms with Crippen molar-refractivity contribution >= 4 is 12.2 Å². The van der Waals surface area contributed by atoms with Gasteiger partial charge in [-0.05, 0) is 12.1 Å². The molecule has 1 aromatic carbocycles. The van der Waals surface area contributed by atoms with Crippen LogP contribution in [0.15, 0.2) is 24.3 Å². The average Bonchev–Trinajstić information content (AvgIpc) is 2.29. The van der Waals surface area contributed by atoms with Crippen LogP contribution in [-0.4, -0.2) is 18.7 Å². The second kappa shape index (κ2) is 6.41. The van der Waals surface area contributed by atoms with Crippen LogP contribution in [0.2, 0.25) is 0 Å². The van der Waals surface area contributed by atoms with Gasteiger partial charge in [0.25, 0.3) is 0 Å². The van der Waals surface area contributed by atoms with Crippen LogP contribution < -0.4 is 5.32 Å². The van der Waals surface area contributed by atoms with Crippen molar-refractivity contribution in [3.63, 3.8) is 0 Å². The molecule has 1 rings (SSSR count). The Morgan fingerprint density at radius 1 is 1.38 bits per heavy atom. The van der Waals surface area contributed by atoms with Crippen molar-refractivity contribution in [3.05, 3.63) is 35.4 Å². The van der Waals surface area contributed by atoms with Gasteiger partial charge in [-0.15, -0.1) is 0 Å². The molecule has 0 aliphatic heterocycles. The van der Waals surface area contributed by atoms with Crippen molar-refractivity contribution in [2.45, 2.75) is 13.3 Å². The molecular formula is C13H13NO2. The predicted octanol–water partition coefficient (Wildman–Crippen LogP) is 1.38. The Morgan fingerprint density at radius 2 is 2.06 bits per heavy atom. The van der Waals surface area contributed by atoms with Crippen LogP contribution in [0.25, 0.3) is 0 Å². The van der Waals surface area contributed by atoms with E-state index in [0.717, 1.165) is 11.8 Å². The molecule has 82 valence electrons. The molecule has 0 unspecified atom stereocenters. The van der Waals surface area contributed by atoms with E-state index in [0.29, 0.717) is 18.5 Å². The number of rotatable bonds is 3. The number of hydrogen-bond donors (Lipinski definition) is 1. The summed E-state index contributed by atoms with van der Waals surface area (Å²) in [5.41, 5.74) is 1.51. The summed E-state index contributed by atoms with van der Waals surface area (Å²) in [7, 11) is 0. The maximum absolute atomic E-state index is 10.6. The minimum Gasteiger partial charge on any atom is -0.355 e. The highest BCUT2D eigenvalue weighted by atomic mass is 16.1. The molecule has 0 aromatic heterocycles. The summed E-state index contributed by atoms with van der Waals surface area (Å²) in [4.78, 5) is 21.0. The quantitative estimate of drug-likeness (QED) is 0.470. The zero-order chi connectivity index (χ0) is 11.8. The number of nitrogens with one attached hydrogen (secondary N) is 1. The van der Waals surface area contributed by atoms with Gasteiger partial charge in [0.05, 0.1) is 0 Å². The van der Waals surface area contributed by atoms with Crippen molar-refractivity contribution in [1.29, 1.82) is 0 Å². The summed E-state index contributed by atoms with van der Waals surface area (Å²) in [6.45, 7) is 2.04. The molecule has 0 radical (unpaired) electrons. The van der Waals surface area contributed by atoms with E-state index in [1.54, 1.807) is 24.3 Å². The SMILES string of the molecule is CC(=O)NCCC#Cc1ccc(C=O)cc1. The first-order valence-electron chi connectivity index (χ1n) is 5.01. The number of carbonyl (C=O) groups is 2. The minimum atomic E-state index is -0.0443. The molecular weight excluding hydrogens is 202 g/mol. The Kier molecular flexibility index (Phi) is 4.81. The lowest BCUT2D eigenvalue weighted by Crippen LogP contribution is -2.20. The van der Waals surface area contributed by atoms with E-state index >= 15 is 0 Å². The molecule has 1 N–H and O–H groups in total. The number of hydrogen-bond acceptors (Lipinski definition) is 2. The third-order valence-corrected chi connectivity index (χ3v) is 1.90. The van der Waals surface area contributed by atoms with E-state index in [4.69, 9.17) is 0 Å². The van der Waals surface area contributed by atoms with E-state index in [9.17, 15) is 9.59 Å². The first kappa shape index (κ1) is 12.0. The van der Waals surface area contributed by atoms with Crippen LogP contribution in [-0.2, 0) is 4.79 Å². The van der Waals surface area contributed by atoms with Crippen molar-refractivity contribution < 1.29 is 9.59 Å². The minimum absolute atomic E-state index is 0.0443. The Labute approximate surface area is 94.9 Å². The van der Waals surface area contributed by atoms with Crippen LogP contribution in [0.4, 0.5) is 0 Å². The Bertz CT molecular complexity index is 423.